The van der Waals surface area contributed by atoms with Gasteiger partial charge in [-0.15, -0.1) is 0 Å². The van der Waals surface area contributed by atoms with Crippen LogP contribution in [-0.4, -0.2) is 50.5 Å². The Bertz CT molecular complexity index is 1140. The Labute approximate surface area is 193 Å². The number of carbonyl (C=O) groups is 2. The van der Waals surface area contributed by atoms with E-state index in [0.717, 1.165) is 47.4 Å². The standard InChI is InChI=1S/C24H32N6O3/c1-5-16(2)26-22(31)15-29-20-10-9-19-18(8-7-17(3)30(19)24(32)33-4)23(20)27-21(29)11-14-28-13-6-12-25-28/h6,9-10,12-13,16-17H,5,7-8,11,14-15H2,1-4H3,(H,26,31)/t16-,17+/m1/s1. The molecule has 0 spiro atoms. The SMILES string of the molecule is CC[C@@H](C)NC(=O)Cn1c(CCn2cccn2)nc2c3c(ccc21)N(C(=O)OC)[C@@H](C)CC3. The number of aryl methyl sites for hydroxylation is 3. The van der Waals surface area contributed by atoms with Gasteiger partial charge in [-0.25, -0.2) is 9.78 Å². The van der Waals surface area contributed by atoms with Gasteiger partial charge in [0.15, 0.2) is 0 Å². The third-order valence-electron chi connectivity index (χ3n) is 6.41. The van der Waals surface area contributed by atoms with E-state index in [2.05, 4.69) is 10.4 Å². The fraction of sp³-hybridized carbons (Fsp3) is 0.500. The summed E-state index contributed by atoms with van der Waals surface area (Å²) in [7, 11) is 1.40. The van der Waals surface area contributed by atoms with Crippen molar-refractivity contribution in [2.24, 2.45) is 0 Å². The lowest BCUT2D eigenvalue weighted by atomic mass is 9.96. The van der Waals surface area contributed by atoms with Gasteiger partial charge >= 0.3 is 6.09 Å². The second kappa shape index (κ2) is 9.64. The number of amides is 2. The molecule has 0 saturated heterocycles. The van der Waals surface area contributed by atoms with Crippen LogP contribution in [0.5, 0.6) is 0 Å². The number of hydrogen-bond acceptors (Lipinski definition) is 5. The number of carbonyl (C=O) groups excluding carboxylic acids is 2. The molecule has 1 aliphatic rings. The molecule has 3 aromatic rings. The summed E-state index contributed by atoms with van der Waals surface area (Å²) in [5.41, 5.74) is 3.61. The number of aromatic nitrogens is 4. The van der Waals surface area contributed by atoms with E-state index in [1.807, 2.05) is 54.4 Å². The van der Waals surface area contributed by atoms with E-state index in [4.69, 9.17) is 9.72 Å². The van der Waals surface area contributed by atoms with Crippen LogP contribution in [0.15, 0.2) is 30.6 Å². The van der Waals surface area contributed by atoms with Gasteiger partial charge in [-0.2, -0.15) is 5.10 Å². The molecule has 0 aliphatic carbocycles. The van der Waals surface area contributed by atoms with E-state index >= 15 is 0 Å². The van der Waals surface area contributed by atoms with Gasteiger partial charge in [-0.1, -0.05) is 6.92 Å². The molecule has 1 aliphatic heterocycles. The maximum atomic E-state index is 12.8. The maximum absolute atomic E-state index is 12.8. The van der Waals surface area contributed by atoms with Crippen LogP contribution < -0.4 is 10.2 Å². The fourth-order valence-corrected chi connectivity index (χ4v) is 4.43. The molecule has 0 saturated carbocycles. The first-order valence-corrected chi connectivity index (χ1v) is 11.6. The molecule has 9 nitrogen and oxygen atoms in total. The number of ether oxygens (including phenoxy) is 1. The van der Waals surface area contributed by atoms with Gasteiger partial charge in [-0.3, -0.25) is 14.4 Å². The zero-order chi connectivity index (χ0) is 23.5. The highest BCUT2D eigenvalue weighted by Crippen LogP contribution is 2.36. The van der Waals surface area contributed by atoms with Crippen LogP contribution in [-0.2, 0) is 35.5 Å². The third kappa shape index (κ3) is 4.58. The number of methoxy groups -OCH3 is 1. The Kier molecular flexibility index (Phi) is 6.67. The lowest BCUT2D eigenvalue weighted by molar-refractivity contribution is -0.122. The normalized spacial score (nSPS) is 16.5. The molecule has 0 bridgehead atoms. The Balaban J connectivity index is 1.75. The Morgan fingerprint density at radius 1 is 1.33 bits per heavy atom. The van der Waals surface area contributed by atoms with E-state index in [-0.39, 0.29) is 30.6 Å². The second-order valence-corrected chi connectivity index (χ2v) is 8.67. The minimum Gasteiger partial charge on any atom is -0.452 e. The summed E-state index contributed by atoms with van der Waals surface area (Å²) in [6, 6.07) is 5.96. The van der Waals surface area contributed by atoms with Crippen LogP contribution in [0.25, 0.3) is 11.0 Å². The van der Waals surface area contributed by atoms with Crippen LogP contribution in [0.1, 0.15) is 45.0 Å². The zero-order valence-corrected chi connectivity index (χ0v) is 19.7. The highest BCUT2D eigenvalue weighted by Gasteiger charge is 2.31. The first-order valence-electron chi connectivity index (χ1n) is 11.6. The molecule has 0 fully saturated rings. The van der Waals surface area contributed by atoms with Crippen LogP contribution in [0.2, 0.25) is 0 Å². The lowest BCUT2D eigenvalue weighted by Crippen LogP contribution is -2.42. The second-order valence-electron chi connectivity index (χ2n) is 8.67. The molecule has 1 N–H and O–H groups in total. The van der Waals surface area contributed by atoms with Crippen molar-refractivity contribution < 1.29 is 14.3 Å². The lowest BCUT2D eigenvalue weighted by Gasteiger charge is -2.34. The van der Waals surface area contributed by atoms with Crippen molar-refractivity contribution in [3.05, 3.63) is 42.0 Å². The van der Waals surface area contributed by atoms with Gasteiger partial charge < -0.3 is 14.6 Å². The first-order chi connectivity index (χ1) is 15.9. The molecule has 0 radical (unpaired) electrons. The monoisotopic (exact) mass is 452 g/mol. The minimum absolute atomic E-state index is 0.0356. The highest BCUT2D eigenvalue weighted by atomic mass is 16.5. The van der Waals surface area contributed by atoms with Gasteiger partial charge in [-0.05, 0) is 51.3 Å². The predicted molar refractivity (Wildman–Crippen MR) is 126 cm³/mol. The molecule has 3 heterocycles. The first kappa shape index (κ1) is 22.8. The average molecular weight is 453 g/mol. The Morgan fingerprint density at radius 2 is 2.15 bits per heavy atom. The molecule has 176 valence electrons. The van der Waals surface area contributed by atoms with E-state index in [1.165, 1.54) is 7.11 Å². The number of fused-ring (bicyclic) bond motifs is 3. The zero-order valence-electron chi connectivity index (χ0n) is 19.7. The molecule has 9 heteroatoms. The third-order valence-corrected chi connectivity index (χ3v) is 6.41. The van der Waals surface area contributed by atoms with E-state index in [0.29, 0.717) is 13.0 Å². The molecular formula is C24H32N6O3. The maximum Gasteiger partial charge on any atom is 0.414 e. The van der Waals surface area contributed by atoms with Crippen LogP contribution in [0.4, 0.5) is 10.5 Å². The fourth-order valence-electron chi connectivity index (χ4n) is 4.43. The largest absolute Gasteiger partial charge is 0.452 e. The molecule has 2 amide bonds. The summed E-state index contributed by atoms with van der Waals surface area (Å²) >= 11 is 0. The number of benzene rings is 1. The Morgan fingerprint density at radius 3 is 2.85 bits per heavy atom. The van der Waals surface area contributed by atoms with Crippen molar-refractivity contribution in [2.45, 2.75) is 71.6 Å². The molecule has 33 heavy (non-hydrogen) atoms. The number of nitrogens with zero attached hydrogens (tertiary/aromatic N) is 5. The quantitative estimate of drug-likeness (QED) is 0.594. The van der Waals surface area contributed by atoms with Crippen LogP contribution >= 0.6 is 0 Å². The van der Waals surface area contributed by atoms with Crippen molar-refractivity contribution >= 4 is 28.7 Å². The van der Waals surface area contributed by atoms with Crippen molar-refractivity contribution in [3.63, 3.8) is 0 Å². The number of rotatable bonds is 7. The highest BCUT2D eigenvalue weighted by molar-refractivity contribution is 5.95. The Hall–Kier alpha value is -3.36. The smallest absolute Gasteiger partial charge is 0.414 e. The summed E-state index contributed by atoms with van der Waals surface area (Å²) in [4.78, 5) is 31.9. The number of anilines is 1. The van der Waals surface area contributed by atoms with Crippen molar-refractivity contribution in [3.8, 4) is 0 Å². The summed E-state index contributed by atoms with van der Waals surface area (Å²) < 4.78 is 8.89. The van der Waals surface area contributed by atoms with Gasteiger partial charge in [0.2, 0.25) is 5.91 Å². The molecule has 2 aromatic heterocycles. The van der Waals surface area contributed by atoms with E-state index in [1.54, 1.807) is 11.1 Å². The van der Waals surface area contributed by atoms with Crippen LogP contribution in [0.3, 0.4) is 0 Å². The van der Waals surface area contributed by atoms with Crippen LogP contribution in [0, 0.1) is 0 Å². The van der Waals surface area contributed by atoms with Crippen molar-refractivity contribution in [1.29, 1.82) is 0 Å². The number of hydrogen-bond donors (Lipinski definition) is 1. The number of nitrogens with one attached hydrogen (secondary N) is 1. The number of imidazole rings is 1. The molecular weight excluding hydrogens is 420 g/mol. The van der Waals surface area contributed by atoms with Crippen molar-refractivity contribution in [2.75, 3.05) is 12.0 Å². The summed E-state index contributed by atoms with van der Waals surface area (Å²) in [5, 5.41) is 7.34. The average Bonchev–Trinajstić information content (AvgIpc) is 3.45. The topological polar surface area (TPSA) is 94.3 Å². The molecule has 2 atom stereocenters. The van der Waals surface area contributed by atoms with Crippen molar-refractivity contribution in [1.82, 2.24) is 24.6 Å². The van der Waals surface area contributed by atoms with Gasteiger partial charge in [0.25, 0.3) is 0 Å². The summed E-state index contributed by atoms with van der Waals surface area (Å²) in [6.45, 7) is 6.94. The molecule has 1 aromatic carbocycles. The summed E-state index contributed by atoms with van der Waals surface area (Å²) in [6.07, 6.45) is 6.45. The van der Waals surface area contributed by atoms with Gasteiger partial charge in [0.1, 0.15) is 12.4 Å². The van der Waals surface area contributed by atoms with E-state index in [9.17, 15) is 9.59 Å². The summed E-state index contributed by atoms with van der Waals surface area (Å²) in [5.74, 6) is 0.794. The predicted octanol–water partition coefficient (Wildman–Crippen LogP) is 3.30. The molecule has 4 rings (SSSR count). The van der Waals surface area contributed by atoms with E-state index < -0.39 is 0 Å². The van der Waals surface area contributed by atoms with Gasteiger partial charge in [0.05, 0.1) is 23.8 Å². The van der Waals surface area contributed by atoms with Gasteiger partial charge in [0, 0.05) is 43.0 Å². The minimum atomic E-state index is -0.367. The molecule has 0 unspecified atom stereocenters.